The Morgan fingerprint density at radius 3 is 2.76 bits per heavy atom. The Kier molecular flexibility index (Phi) is 2.93. The van der Waals surface area contributed by atoms with Crippen LogP contribution in [0.4, 0.5) is 5.69 Å². The molecule has 0 aliphatic rings. The number of halogens is 1. The summed E-state index contributed by atoms with van der Waals surface area (Å²) in [6.45, 7) is 0. The number of non-ortho nitro benzene ring substituents is 1. The van der Waals surface area contributed by atoms with Crippen molar-refractivity contribution >= 4 is 21.6 Å². The van der Waals surface area contributed by atoms with E-state index in [4.69, 9.17) is 9.68 Å². The van der Waals surface area contributed by atoms with Crippen LogP contribution in [0.15, 0.2) is 39.4 Å². The standard InChI is InChI=1S/C11H5BrN2O3/c12-9-5-8(14(15)16)4-7(6-13)11(9)10-2-1-3-17-10/h1-5H. The van der Waals surface area contributed by atoms with Crippen LogP contribution in [0, 0.1) is 21.4 Å². The first-order valence-electron chi connectivity index (χ1n) is 4.55. The van der Waals surface area contributed by atoms with Gasteiger partial charge in [0.2, 0.25) is 0 Å². The molecule has 1 aromatic carbocycles. The van der Waals surface area contributed by atoms with Gasteiger partial charge in [0.1, 0.15) is 11.8 Å². The van der Waals surface area contributed by atoms with Crippen LogP contribution in [0.5, 0.6) is 0 Å². The zero-order chi connectivity index (χ0) is 12.4. The predicted molar refractivity (Wildman–Crippen MR) is 63.2 cm³/mol. The molecule has 17 heavy (non-hydrogen) atoms. The van der Waals surface area contributed by atoms with Crippen LogP contribution in [-0.2, 0) is 0 Å². The van der Waals surface area contributed by atoms with Crippen molar-refractivity contribution in [1.82, 2.24) is 0 Å². The van der Waals surface area contributed by atoms with Crippen molar-refractivity contribution in [2.75, 3.05) is 0 Å². The van der Waals surface area contributed by atoms with Gasteiger partial charge >= 0.3 is 0 Å². The summed E-state index contributed by atoms with van der Waals surface area (Å²) >= 11 is 3.21. The van der Waals surface area contributed by atoms with Gasteiger partial charge in [-0.15, -0.1) is 0 Å². The van der Waals surface area contributed by atoms with E-state index in [-0.39, 0.29) is 11.3 Å². The number of rotatable bonds is 2. The average molecular weight is 293 g/mol. The van der Waals surface area contributed by atoms with Crippen molar-refractivity contribution < 1.29 is 9.34 Å². The molecule has 0 N–H and O–H groups in total. The molecule has 0 unspecified atom stereocenters. The van der Waals surface area contributed by atoms with Gasteiger partial charge in [0.25, 0.3) is 5.69 Å². The Morgan fingerprint density at radius 2 is 2.24 bits per heavy atom. The first-order valence-corrected chi connectivity index (χ1v) is 5.34. The number of nitro groups is 1. The van der Waals surface area contributed by atoms with E-state index < -0.39 is 4.92 Å². The molecular formula is C11H5BrN2O3. The van der Waals surface area contributed by atoms with E-state index in [1.54, 1.807) is 12.1 Å². The lowest BCUT2D eigenvalue weighted by molar-refractivity contribution is -0.384. The number of furan rings is 1. The molecule has 2 rings (SSSR count). The molecular weight excluding hydrogens is 288 g/mol. The van der Waals surface area contributed by atoms with E-state index >= 15 is 0 Å². The highest BCUT2D eigenvalue weighted by Gasteiger charge is 2.17. The molecule has 2 aromatic rings. The summed E-state index contributed by atoms with van der Waals surface area (Å²) in [7, 11) is 0. The SMILES string of the molecule is N#Cc1cc([N+](=O)[O-])cc(Br)c1-c1ccco1. The number of nitriles is 1. The Balaban J connectivity index is 2.69. The average Bonchev–Trinajstić information content (AvgIpc) is 2.80. The molecule has 1 heterocycles. The van der Waals surface area contributed by atoms with E-state index in [1.165, 1.54) is 18.4 Å². The molecule has 0 saturated heterocycles. The number of nitro benzene ring substituents is 1. The topological polar surface area (TPSA) is 80.1 Å². The highest BCUT2D eigenvalue weighted by Crippen LogP contribution is 2.35. The zero-order valence-corrected chi connectivity index (χ0v) is 9.97. The molecule has 0 atom stereocenters. The van der Waals surface area contributed by atoms with E-state index in [0.29, 0.717) is 15.8 Å². The van der Waals surface area contributed by atoms with Crippen molar-refractivity contribution in [2.45, 2.75) is 0 Å². The fourth-order valence-corrected chi connectivity index (χ4v) is 2.10. The molecule has 84 valence electrons. The lowest BCUT2D eigenvalue weighted by Gasteiger charge is -2.03. The van der Waals surface area contributed by atoms with Crippen molar-refractivity contribution in [2.24, 2.45) is 0 Å². The van der Waals surface area contributed by atoms with Crippen molar-refractivity contribution in [1.29, 1.82) is 5.26 Å². The molecule has 0 radical (unpaired) electrons. The summed E-state index contributed by atoms with van der Waals surface area (Å²) < 4.78 is 5.65. The van der Waals surface area contributed by atoms with E-state index in [0.717, 1.165) is 0 Å². The van der Waals surface area contributed by atoms with Gasteiger partial charge < -0.3 is 4.42 Å². The molecule has 0 aliphatic heterocycles. The minimum Gasteiger partial charge on any atom is -0.464 e. The fraction of sp³-hybridized carbons (Fsp3) is 0. The van der Waals surface area contributed by atoms with Gasteiger partial charge in [-0.3, -0.25) is 10.1 Å². The Hall–Kier alpha value is -2.13. The van der Waals surface area contributed by atoms with Crippen LogP contribution >= 0.6 is 15.9 Å². The quantitative estimate of drug-likeness (QED) is 0.627. The van der Waals surface area contributed by atoms with Crippen molar-refractivity contribution in [3.05, 3.63) is 50.7 Å². The normalized spacial score (nSPS) is 9.88. The minimum absolute atomic E-state index is 0.135. The van der Waals surface area contributed by atoms with Gasteiger partial charge in [-0.05, 0) is 28.1 Å². The molecule has 5 nitrogen and oxygen atoms in total. The molecule has 6 heteroatoms. The first kappa shape index (κ1) is 11.4. The molecule has 0 spiro atoms. The smallest absolute Gasteiger partial charge is 0.271 e. The van der Waals surface area contributed by atoms with Gasteiger partial charge in [0, 0.05) is 22.2 Å². The molecule has 0 bridgehead atoms. The lowest BCUT2D eigenvalue weighted by Crippen LogP contribution is -1.92. The molecule has 0 fully saturated rings. The maximum absolute atomic E-state index is 10.7. The maximum atomic E-state index is 10.7. The number of hydrogen-bond donors (Lipinski definition) is 0. The monoisotopic (exact) mass is 292 g/mol. The largest absolute Gasteiger partial charge is 0.464 e. The van der Waals surface area contributed by atoms with Crippen molar-refractivity contribution in [3.63, 3.8) is 0 Å². The van der Waals surface area contributed by atoms with Gasteiger partial charge in [-0.2, -0.15) is 5.26 Å². The highest BCUT2D eigenvalue weighted by atomic mass is 79.9. The second-order valence-electron chi connectivity index (χ2n) is 3.20. The summed E-state index contributed by atoms with van der Waals surface area (Å²) in [4.78, 5) is 10.1. The molecule has 1 aromatic heterocycles. The summed E-state index contributed by atoms with van der Waals surface area (Å²) in [5.41, 5.74) is 0.577. The summed E-state index contributed by atoms with van der Waals surface area (Å²) in [5.74, 6) is 0.489. The fourth-order valence-electron chi connectivity index (χ4n) is 1.46. The first-order chi connectivity index (χ1) is 8.13. The third-order valence-corrected chi connectivity index (χ3v) is 2.80. The molecule has 0 saturated carbocycles. The van der Waals surface area contributed by atoms with Crippen LogP contribution in [0.25, 0.3) is 11.3 Å². The second kappa shape index (κ2) is 4.39. The molecule has 0 amide bonds. The van der Waals surface area contributed by atoms with Crippen LogP contribution in [0.3, 0.4) is 0 Å². The number of nitrogens with zero attached hydrogens (tertiary/aromatic N) is 2. The Morgan fingerprint density at radius 1 is 1.47 bits per heavy atom. The second-order valence-corrected chi connectivity index (χ2v) is 4.05. The van der Waals surface area contributed by atoms with Crippen LogP contribution in [-0.4, -0.2) is 4.92 Å². The zero-order valence-electron chi connectivity index (χ0n) is 8.38. The van der Waals surface area contributed by atoms with E-state index in [9.17, 15) is 10.1 Å². The maximum Gasteiger partial charge on any atom is 0.271 e. The van der Waals surface area contributed by atoms with Crippen LogP contribution < -0.4 is 0 Å². The summed E-state index contributed by atoms with van der Waals surface area (Å²) in [6, 6.07) is 7.87. The predicted octanol–water partition coefficient (Wildman–Crippen LogP) is 3.49. The van der Waals surface area contributed by atoms with E-state index in [2.05, 4.69) is 15.9 Å². The minimum atomic E-state index is -0.544. The molecule has 0 aliphatic carbocycles. The summed E-state index contributed by atoms with van der Waals surface area (Å²) in [6.07, 6.45) is 1.48. The van der Waals surface area contributed by atoms with Gasteiger partial charge in [0.05, 0.1) is 16.7 Å². The summed E-state index contributed by atoms with van der Waals surface area (Å²) in [5, 5.41) is 19.7. The third kappa shape index (κ3) is 2.05. The van der Waals surface area contributed by atoms with Gasteiger partial charge in [-0.1, -0.05) is 0 Å². The third-order valence-electron chi connectivity index (χ3n) is 2.17. The van der Waals surface area contributed by atoms with Gasteiger partial charge in [-0.25, -0.2) is 0 Å². The van der Waals surface area contributed by atoms with E-state index in [1.807, 2.05) is 6.07 Å². The van der Waals surface area contributed by atoms with Crippen LogP contribution in [0.2, 0.25) is 0 Å². The van der Waals surface area contributed by atoms with Crippen LogP contribution in [0.1, 0.15) is 5.56 Å². The Labute approximate surface area is 105 Å². The lowest BCUT2D eigenvalue weighted by atomic mass is 10.1. The number of hydrogen-bond acceptors (Lipinski definition) is 4. The van der Waals surface area contributed by atoms with Gasteiger partial charge in [0.15, 0.2) is 0 Å². The number of benzene rings is 1. The highest BCUT2D eigenvalue weighted by molar-refractivity contribution is 9.10. The Bertz CT molecular complexity index is 614. The van der Waals surface area contributed by atoms with Crippen molar-refractivity contribution in [3.8, 4) is 17.4 Å².